The molecule has 33 heavy (non-hydrogen) atoms. The number of carbonyl (C=O) groups is 2. The van der Waals surface area contributed by atoms with Crippen molar-refractivity contribution in [1.82, 2.24) is 5.32 Å². The quantitative estimate of drug-likeness (QED) is 0.449. The number of alkyl halides is 3. The molecule has 5 nitrogen and oxygen atoms in total. The highest BCUT2D eigenvalue weighted by Crippen LogP contribution is 2.31. The van der Waals surface area contributed by atoms with Gasteiger partial charge in [0.05, 0.1) is 5.56 Å². The molecule has 0 aliphatic heterocycles. The van der Waals surface area contributed by atoms with Crippen molar-refractivity contribution in [2.75, 3.05) is 10.6 Å². The molecule has 0 unspecified atom stereocenters. The van der Waals surface area contributed by atoms with Crippen LogP contribution in [-0.4, -0.2) is 17.9 Å². The number of anilines is 2. The van der Waals surface area contributed by atoms with Crippen molar-refractivity contribution in [3.63, 3.8) is 0 Å². The van der Waals surface area contributed by atoms with Crippen LogP contribution in [0, 0.1) is 0 Å². The van der Waals surface area contributed by atoms with Gasteiger partial charge in [0.2, 0.25) is 0 Å². The Labute approximate surface area is 189 Å². The predicted octanol–water partition coefficient (Wildman–Crippen LogP) is 5.39. The molecule has 4 rings (SSSR count). The van der Waals surface area contributed by atoms with Gasteiger partial charge in [0.1, 0.15) is 6.04 Å². The van der Waals surface area contributed by atoms with E-state index in [-0.39, 0.29) is 17.6 Å². The molecule has 0 saturated heterocycles. The Morgan fingerprint density at radius 1 is 0.848 bits per heavy atom. The third-order valence-corrected chi connectivity index (χ3v) is 5.20. The minimum Gasteiger partial charge on any atom is -0.370 e. The first-order valence-corrected chi connectivity index (χ1v) is 10.5. The SMILES string of the molecule is O=C(NC1CC1)c1cccc(N[C@H](C(=O)Nc2cccc(C(F)(F)F)c2)c2ccccc2)c1. The van der Waals surface area contributed by atoms with E-state index in [4.69, 9.17) is 0 Å². The van der Waals surface area contributed by atoms with E-state index in [0.29, 0.717) is 16.8 Å². The zero-order valence-electron chi connectivity index (χ0n) is 17.5. The summed E-state index contributed by atoms with van der Waals surface area (Å²) >= 11 is 0. The maximum atomic E-state index is 13.1. The third-order valence-electron chi connectivity index (χ3n) is 5.20. The van der Waals surface area contributed by atoms with E-state index in [2.05, 4.69) is 16.0 Å². The summed E-state index contributed by atoms with van der Waals surface area (Å²) in [5.74, 6) is -0.723. The highest BCUT2D eigenvalue weighted by atomic mass is 19.4. The highest BCUT2D eigenvalue weighted by Gasteiger charge is 2.31. The lowest BCUT2D eigenvalue weighted by molar-refractivity contribution is -0.137. The summed E-state index contributed by atoms with van der Waals surface area (Å²) in [5, 5.41) is 8.59. The van der Waals surface area contributed by atoms with Gasteiger partial charge in [-0.05, 0) is 54.8 Å². The Balaban J connectivity index is 1.56. The number of halogens is 3. The van der Waals surface area contributed by atoms with E-state index < -0.39 is 23.7 Å². The normalized spacial score (nSPS) is 14.3. The summed E-state index contributed by atoms with van der Waals surface area (Å²) in [6, 6.07) is 19.4. The van der Waals surface area contributed by atoms with Crippen LogP contribution in [0.25, 0.3) is 0 Å². The first-order valence-electron chi connectivity index (χ1n) is 10.5. The van der Waals surface area contributed by atoms with E-state index in [1.165, 1.54) is 12.1 Å². The van der Waals surface area contributed by atoms with Crippen LogP contribution in [-0.2, 0) is 11.0 Å². The molecule has 3 N–H and O–H groups in total. The molecular formula is C25H22F3N3O2. The summed E-state index contributed by atoms with van der Waals surface area (Å²) < 4.78 is 39.1. The van der Waals surface area contributed by atoms with Crippen molar-refractivity contribution in [3.05, 3.63) is 95.6 Å². The number of nitrogens with one attached hydrogen (secondary N) is 3. The lowest BCUT2D eigenvalue weighted by atomic mass is 10.0. The van der Waals surface area contributed by atoms with Gasteiger partial charge in [0.25, 0.3) is 11.8 Å². The molecule has 170 valence electrons. The number of hydrogen-bond acceptors (Lipinski definition) is 3. The van der Waals surface area contributed by atoms with E-state index in [0.717, 1.165) is 25.0 Å². The molecule has 1 aliphatic rings. The lowest BCUT2D eigenvalue weighted by Crippen LogP contribution is -2.28. The second-order valence-corrected chi connectivity index (χ2v) is 7.88. The Bertz CT molecular complexity index is 1140. The number of amides is 2. The van der Waals surface area contributed by atoms with Crippen molar-refractivity contribution >= 4 is 23.2 Å². The molecule has 0 bridgehead atoms. The van der Waals surface area contributed by atoms with Gasteiger partial charge in [-0.2, -0.15) is 13.2 Å². The first kappa shape index (κ1) is 22.4. The van der Waals surface area contributed by atoms with Gasteiger partial charge in [-0.3, -0.25) is 9.59 Å². The third kappa shape index (κ3) is 5.91. The maximum absolute atomic E-state index is 13.1. The monoisotopic (exact) mass is 453 g/mol. The first-order chi connectivity index (χ1) is 15.8. The molecule has 3 aromatic rings. The van der Waals surface area contributed by atoms with E-state index >= 15 is 0 Å². The second-order valence-electron chi connectivity index (χ2n) is 7.88. The molecule has 0 spiro atoms. The topological polar surface area (TPSA) is 70.2 Å². The Kier molecular flexibility index (Phi) is 6.35. The fourth-order valence-electron chi connectivity index (χ4n) is 3.35. The Hall–Kier alpha value is -3.81. The van der Waals surface area contributed by atoms with E-state index in [9.17, 15) is 22.8 Å². The molecule has 2 amide bonds. The van der Waals surface area contributed by atoms with Crippen LogP contribution in [0.4, 0.5) is 24.5 Å². The average molecular weight is 453 g/mol. The summed E-state index contributed by atoms with van der Waals surface area (Å²) in [5.41, 5.74) is 0.798. The van der Waals surface area contributed by atoms with E-state index in [1.807, 2.05) is 0 Å². The van der Waals surface area contributed by atoms with Gasteiger partial charge >= 0.3 is 6.18 Å². The molecule has 1 aliphatic carbocycles. The van der Waals surface area contributed by atoms with Crippen molar-refractivity contribution in [3.8, 4) is 0 Å². The van der Waals surface area contributed by atoms with Gasteiger partial charge < -0.3 is 16.0 Å². The van der Waals surface area contributed by atoms with Gasteiger partial charge in [-0.1, -0.05) is 42.5 Å². The minimum atomic E-state index is -4.51. The molecule has 0 radical (unpaired) electrons. The molecule has 0 aromatic heterocycles. The van der Waals surface area contributed by atoms with Gasteiger partial charge in [-0.25, -0.2) is 0 Å². The molecule has 1 saturated carbocycles. The fraction of sp³-hybridized carbons (Fsp3) is 0.200. The zero-order chi connectivity index (χ0) is 23.4. The Morgan fingerprint density at radius 2 is 1.55 bits per heavy atom. The highest BCUT2D eigenvalue weighted by molar-refractivity contribution is 5.98. The summed E-state index contributed by atoms with van der Waals surface area (Å²) in [4.78, 5) is 25.5. The van der Waals surface area contributed by atoms with Crippen molar-refractivity contribution in [1.29, 1.82) is 0 Å². The lowest BCUT2D eigenvalue weighted by Gasteiger charge is -2.21. The standard InChI is InChI=1S/C25H22F3N3O2/c26-25(27,28)18-9-5-11-21(15-18)31-24(33)22(16-6-2-1-3-7-16)29-20-10-4-8-17(14-20)23(32)30-19-12-13-19/h1-11,14-15,19,22,29H,12-13H2,(H,30,32)(H,31,33)/t22-/m0/s1. The predicted molar refractivity (Wildman–Crippen MR) is 120 cm³/mol. The number of benzene rings is 3. The maximum Gasteiger partial charge on any atom is 0.416 e. The van der Waals surface area contributed by atoms with Crippen LogP contribution in [0.3, 0.4) is 0 Å². The zero-order valence-corrected chi connectivity index (χ0v) is 17.5. The van der Waals surface area contributed by atoms with Crippen LogP contribution in [0.15, 0.2) is 78.9 Å². The molecule has 8 heteroatoms. The molecule has 1 fully saturated rings. The number of carbonyl (C=O) groups excluding carboxylic acids is 2. The number of hydrogen-bond donors (Lipinski definition) is 3. The smallest absolute Gasteiger partial charge is 0.370 e. The van der Waals surface area contributed by atoms with Crippen LogP contribution in [0.1, 0.15) is 40.4 Å². The summed E-state index contributed by atoms with van der Waals surface area (Å²) in [7, 11) is 0. The summed E-state index contributed by atoms with van der Waals surface area (Å²) in [6.45, 7) is 0. The van der Waals surface area contributed by atoms with Crippen LogP contribution in [0.2, 0.25) is 0 Å². The second kappa shape index (κ2) is 9.36. The summed E-state index contributed by atoms with van der Waals surface area (Å²) in [6.07, 6.45) is -2.58. The molecule has 1 atom stereocenters. The minimum absolute atomic E-state index is 0.0371. The van der Waals surface area contributed by atoms with E-state index in [1.54, 1.807) is 54.6 Å². The van der Waals surface area contributed by atoms with Crippen LogP contribution >= 0.6 is 0 Å². The van der Waals surface area contributed by atoms with Crippen molar-refractivity contribution < 1.29 is 22.8 Å². The van der Waals surface area contributed by atoms with Crippen LogP contribution < -0.4 is 16.0 Å². The average Bonchev–Trinajstić information content (AvgIpc) is 3.62. The van der Waals surface area contributed by atoms with Gasteiger partial charge in [0, 0.05) is 23.0 Å². The molecular weight excluding hydrogens is 431 g/mol. The largest absolute Gasteiger partial charge is 0.416 e. The number of rotatable bonds is 7. The van der Waals surface area contributed by atoms with Crippen molar-refractivity contribution in [2.45, 2.75) is 31.1 Å². The molecule has 0 heterocycles. The molecule has 3 aromatic carbocycles. The Morgan fingerprint density at radius 3 is 2.24 bits per heavy atom. The fourth-order valence-corrected chi connectivity index (χ4v) is 3.35. The van der Waals surface area contributed by atoms with Crippen molar-refractivity contribution in [2.24, 2.45) is 0 Å². The van der Waals surface area contributed by atoms with Gasteiger partial charge in [-0.15, -0.1) is 0 Å². The van der Waals surface area contributed by atoms with Crippen LogP contribution in [0.5, 0.6) is 0 Å². The van der Waals surface area contributed by atoms with Gasteiger partial charge in [0.15, 0.2) is 0 Å².